The highest BCUT2D eigenvalue weighted by Crippen LogP contribution is 2.26. The average Bonchev–Trinajstić information content (AvgIpc) is 3.02. The van der Waals surface area contributed by atoms with Crippen molar-refractivity contribution < 1.29 is 5.11 Å². The van der Waals surface area contributed by atoms with Gasteiger partial charge in [-0.05, 0) is 42.3 Å². The maximum Gasteiger partial charge on any atom is 0.363 e. The topological polar surface area (TPSA) is 88.2 Å². The van der Waals surface area contributed by atoms with Gasteiger partial charge in [0.25, 0.3) is 0 Å². The molecular weight excluding hydrogens is 320 g/mol. The normalized spacial score (nSPS) is 17.5. The monoisotopic (exact) mass is 346 g/mol. The highest BCUT2D eigenvalue weighted by molar-refractivity contribution is 5.45. The number of anilines is 1. The van der Waals surface area contributed by atoms with Crippen LogP contribution in [0.15, 0.2) is 35.1 Å². The van der Waals surface area contributed by atoms with Crippen LogP contribution < -0.4 is 11.0 Å². The van der Waals surface area contributed by atoms with Crippen molar-refractivity contribution in [2.45, 2.75) is 38.4 Å². The predicted octanol–water partition coefficient (Wildman–Crippen LogP) is 0.399. The molecule has 0 radical (unpaired) electrons. The van der Waals surface area contributed by atoms with E-state index in [1.807, 2.05) is 37.3 Å². The third-order valence-electron chi connectivity index (χ3n) is 4.92. The smallest absolute Gasteiger partial charge is 0.363 e. The van der Waals surface area contributed by atoms with Gasteiger partial charge < -0.3 is 15.3 Å². The van der Waals surface area contributed by atoms with E-state index in [-0.39, 0.29) is 17.8 Å². The first-order valence-corrected chi connectivity index (χ1v) is 8.83. The number of aliphatic hydroxyl groups excluding tert-OH is 1. The molecule has 1 saturated heterocycles. The zero-order chi connectivity index (χ0) is 17.7. The molecule has 136 valence electrons. The zero-order valence-corrected chi connectivity index (χ0v) is 14.6. The lowest BCUT2D eigenvalue weighted by Gasteiger charge is -2.42. The molecule has 0 amide bonds. The van der Waals surface area contributed by atoms with E-state index in [2.05, 4.69) is 20.6 Å². The average molecular weight is 346 g/mol. The molecule has 0 spiro atoms. The van der Waals surface area contributed by atoms with E-state index in [1.165, 1.54) is 9.36 Å². The van der Waals surface area contributed by atoms with Crippen LogP contribution >= 0.6 is 0 Å². The van der Waals surface area contributed by atoms with Gasteiger partial charge in [-0.3, -0.25) is 0 Å². The summed E-state index contributed by atoms with van der Waals surface area (Å²) in [5.74, 6) is 0. The number of nitrogens with one attached hydrogen (secondary N) is 1. The van der Waals surface area contributed by atoms with Gasteiger partial charge in [0.05, 0.1) is 18.7 Å². The first-order chi connectivity index (χ1) is 12.2. The molecule has 3 rings (SSSR count). The fourth-order valence-electron chi connectivity index (χ4n) is 3.24. The van der Waals surface area contributed by atoms with Gasteiger partial charge in [0.15, 0.2) is 0 Å². The Morgan fingerprint density at radius 1 is 1.12 bits per heavy atom. The number of likely N-dealkylation sites (tertiary alicyclic amines) is 1. The second-order valence-electron chi connectivity index (χ2n) is 6.57. The van der Waals surface area contributed by atoms with E-state index in [9.17, 15) is 9.90 Å². The van der Waals surface area contributed by atoms with E-state index in [0.717, 1.165) is 38.2 Å². The molecule has 2 N–H and O–H groups in total. The molecule has 8 heteroatoms. The Morgan fingerprint density at radius 2 is 1.80 bits per heavy atom. The van der Waals surface area contributed by atoms with Crippen molar-refractivity contribution in [3.8, 4) is 0 Å². The Hall–Kier alpha value is -2.19. The van der Waals surface area contributed by atoms with Crippen molar-refractivity contribution in [2.75, 3.05) is 31.6 Å². The zero-order valence-electron chi connectivity index (χ0n) is 14.6. The van der Waals surface area contributed by atoms with Crippen molar-refractivity contribution in [1.29, 1.82) is 0 Å². The Morgan fingerprint density at radius 3 is 2.40 bits per heavy atom. The maximum absolute atomic E-state index is 12.0. The number of para-hydroxylation sites is 1. The molecule has 1 aromatic carbocycles. The summed E-state index contributed by atoms with van der Waals surface area (Å²) in [4.78, 5) is 14.3. The van der Waals surface area contributed by atoms with Gasteiger partial charge >= 0.3 is 5.69 Å². The lowest BCUT2D eigenvalue weighted by Crippen LogP contribution is -2.52. The molecule has 2 heterocycles. The van der Waals surface area contributed by atoms with Crippen LogP contribution in [0.3, 0.4) is 0 Å². The summed E-state index contributed by atoms with van der Waals surface area (Å²) < 4.78 is 2.77. The van der Waals surface area contributed by atoms with Gasteiger partial charge in [-0.15, -0.1) is 0 Å². The molecule has 0 aliphatic carbocycles. The number of aromatic nitrogens is 4. The van der Waals surface area contributed by atoms with Crippen LogP contribution in [0.1, 0.15) is 19.8 Å². The van der Waals surface area contributed by atoms with Crippen LogP contribution in [-0.4, -0.2) is 61.6 Å². The predicted molar refractivity (Wildman–Crippen MR) is 95.5 cm³/mol. The Kier molecular flexibility index (Phi) is 5.50. The van der Waals surface area contributed by atoms with Gasteiger partial charge in [-0.1, -0.05) is 18.2 Å². The number of hydrogen-bond donors (Lipinski definition) is 2. The molecular formula is C17H26N6O2. The van der Waals surface area contributed by atoms with E-state index >= 15 is 0 Å². The van der Waals surface area contributed by atoms with Crippen molar-refractivity contribution in [3.63, 3.8) is 0 Å². The Bertz CT molecular complexity index is 718. The molecule has 0 bridgehead atoms. The maximum atomic E-state index is 12.0. The van der Waals surface area contributed by atoms with E-state index in [1.54, 1.807) is 0 Å². The van der Waals surface area contributed by atoms with Crippen LogP contribution in [0.4, 0.5) is 5.69 Å². The summed E-state index contributed by atoms with van der Waals surface area (Å²) in [6.45, 7) is 5.56. The highest BCUT2D eigenvalue weighted by atomic mass is 16.3. The number of hydrogen-bond acceptors (Lipinski definition) is 6. The lowest BCUT2D eigenvalue weighted by atomic mass is 9.88. The van der Waals surface area contributed by atoms with Crippen molar-refractivity contribution in [3.05, 3.63) is 40.8 Å². The minimum atomic E-state index is -0.278. The second kappa shape index (κ2) is 7.79. The summed E-state index contributed by atoms with van der Waals surface area (Å²) in [5.41, 5.74) is 0.600. The first-order valence-electron chi connectivity index (χ1n) is 8.83. The van der Waals surface area contributed by atoms with Crippen molar-refractivity contribution in [1.82, 2.24) is 24.7 Å². The van der Waals surface area contributed by atoms with Crippen LogP contribution in [0.2, 0.25) is 0 Å². The summed E-state index contributed by atoms with van der Waals surface area (Å²) in [5, 5.41) is 21.2. The number of nitrogens with zero attached hydrogens (tertiary/aromatic N) is 5. The SMILES string of the molecule is CCn1nnn(CCN2CCC(CO)(Nc3ccccc3)CC2)c1=O. The summed E-state index contributed by atoms with van der Waals surface area (Å²) in [6.07, 6.45) is 1.71. The number of piperidine rings is 1. The molecule has 1 aromatic heterocycles. The largest absolute Gasteiger partial charge is 0.394 e. The van der Waals surface area contributed by atoms with Gasteiger partial charge in [0, 0.05) is 31.9 Å². The Balaban J connectivity index is 1.53. The van der Waals surface area contributed by atoms with Gasteiger partial charge in [0.1, 0.15) is 0 Å². The standard InChI is InChI=1S/C17H26N6O2/c1-2-22-16(25)23(20-19-22)13-12-21-10-8-17(14-24,9-11-21)18-15-6-4-3-5-7-15/h3-7,18,24H,2,8-14H2,1H3. The van der Waals surface area contributed by atoms with Gasteiger partial charge in [-0.25, -0.2) is 4.79 Å². The minimum Gasteiger partial charge on any atom is -0.394 e. The van der Waals surface area contributed by atoms with E-state index in [0.29, 0.717) is 13.1 Å². The number of rotatable bonds is 7. The van der Waals surface area contributed by atoms with Crippen molar-refractivity contribution >= 4 is 5.69 Å². The molecule has 1 fully saturated rings. The van der Waals surface area contributed by atoms with Crippen LogP contribution in [0, 0.1) is 0 Å². The number of aliphatic hydroxyl groups is 1. The molecule has 0 unspecified atom stereocenters. The molecule has 0 atom stereocenters. The molecule has 0 saturated carbocycles. The first kappa shape index (κ1) is 17.6. The highest BCUT2D eigenvalue weighted by Gasteiger charge is 2.33. The molecule has 1 aliphatic rings. The van der Waals surface area contributed by atoms with Gasteiger partial charge in [0.2, 0.25) is 0 Å². The minimum absolute atomic E-state index is 0.111. The summed E-state index contributed by atoms with van der Waals surface area (Å²) in [7, 11) is 0. The number of tetrazole rings is 1. The molecule has 1 aliphatic heterocycles. The van der Waals surface area contributed by atoms with E-state index < -0.39 is 0 Å². The Labute approximate surface area is 147 Å². The number of benzene rings is 1. The molecule has 8 nitrogen and oxygen atoms in total. The van der Waals surface area contributed by atoms with Crippen LogP contribution in [-0.2, 0) is 13.1 Å². The quantitative estimate of drug-likeness (QED) is 0.754. The third kappa shape index (κ3) is 4.08. The lowest BCUT2D eigenvalue weighted by molar-refractivity contribution is 0.115. The number of aryl methyl sites for hydroxylation is 1. The molecule has 2 aromatic rings. The summed E-state index contributed by atoms with van der Waals surface area (Å²) in [6, 6.07) is 10.0. The fraction of sp³-hybridized carbons (Fsp3) is 0.588. The second-order valence-corrected chi connectivity index (χ2v) is 6.57. The van der Waals surface area contributed by atoms with Gasteiger partial charge in [-0.2, -0.15) is 9.36 Å². The van der Waals surface area contributed by atoms with E-state index in [4.69, 9.17) is 0 Å². The summed E-state index contributed by atoms with van der Waals surface area (Å²) >= 11 is 0. The fourth-order valence-corrected chi connectivity index (χ4v) is 3.24. The van der Waals surface area contributed by atoms with Crippen LogP contribution in [0.5, 0.6) is 0 Å². The molecule has 25 heavy (non-hydrogen) atoms. The van der Waals surface area contributed by atoms with Crippen LogP contribution in [0.25, 0.3) is 0 Å². The van der Waals surface area contributed by atoms with Crippen molar-refractivity contribution in [2.24, 2.45) is 0 Å². The third-order valence-corrected chi connectivity index (χ3v) is 4.92.